The molecule has 0 saturated carbocycles. The van der Waals surface area contributed by atoms with Gasteiger partial charge in [-0.3, -0.25) is 4.79 Å². The molecular weight excluding hydrogens is 451 g/mol. The van der Waals surface area contributed by atoms with E-state index < -0.39 is 29.2 Å². The van der Waals surface area contributed by atoms with E-state index in [-0.39, 0.29) is 23.3 Å². The van der Waals surface area contributed by atoms with Gasteiger partial charge in [0.25, 0.3) is 5.56 Å². The fourth-order valence-electron chi connectivity index (χ4n) is 3.38. The van der Waals surface area contributed by atoms with Gasteiger partial charge in [-0.1, -0.05) is 23.7 Å². The maximum absolute atomic E-state index is 13.4. The lowest BCUT2D eigenvalue weighted by Crippen LogP contribution is -2.33. The molecule has 3 aromatic rings. The molecule has 0 fully saturated rings. The Kier molecular flexibility index (Phi) is 5.78. The third-order valence-electron chi connectivity index (χ3n) is 4.94. The van der Waals surface area contributed by atoms with Crippen molar-refractivity contribution in [3.8, 4) is 11.6 Å². The van der Waals surface area contributed by atoms with Crippen molar-refractivity contribution in [3.05, 3.63) is 68.5 Å². The number of aromatic nitrogens is 4. The third kappa shape index (κ3) is 4.26. The minimum atomic E-state index is -4.61. The number of nitrogens with one attached hydrogen (secondary N) is 1. The number of hydrogen-bond acceptors (Lipinski definition) is 7. The van der Waals surface area contributed by atoms with E-state index in [1.165, 1.54) is 31.3 Å². The Morgan fingerprint density at radius 1 is 1.28 bits per heavy atom. The van der Waals surface area contributed by atoms with E-state index in [1.807, 2.05) is 0 Å². The fraction of sp³-hybridized carbons (Fsp3) is 0.300. The minimum Gasteiger partial charge on any atom is -0.438 e. The number of ether oxygens (including phenoxy) is 1. The van der Waals surface area contributed by atoms with Gasteiger partial charge in [0.05, 0.1) is 29.7 Å². The molecule has 0 saturated heterocycles. The Bertz CT molecular complexity index is 1220. The van der Waals surface area contributed by atoms with Crippen molar-refractivity contribution in [2.45, 2.75) is 32.2 Å². The average molecular weight is 468 g/mol. The van der Waals surface area contributed by atoms with Crippen LogP contribution in [-0.2, 0) is 19.1 Å². The van der Waals surface area contributed by atoms with Gasteiger partial charge in [-0.25, -0.2) is 10.1 Å². The van der Waals surface area contributed by atoms with Crippen LogP contribution in [0.25, 0.3) is 0 Å². The number of aliphatic hydroxyl groups excluding tert-OH is 1. The van der Waals surface area contributed by atoms with Crippen molar-refractivity contribution >= 4 is 17.3 Å². The Morgan fingerprint density at radius 2 is 2.03 bits per heavy atom. The zero-order valence-corrected chi connectivity index (χ0v) is 17.4. The summed E-state index contributed by atoms with van der Waals surface area (Å²) in [6.45, 7) is 1.97. The predicted octanol–water partition coefficient (Wildman–Crippen LogP) is 3.64. The van der Waals surface area contributed by atoms with E-state index in [0.29, 0.717) is 29.9 Å². The number of nitrogens with zero attached hydrogens (tertiary/aromatic N) is 4. The van der Waals surface area contributed by atoms with E-state index in [0.717, 1.165) is 6.07 Å². The second-order valence-electron chi connectivity index (χ2n) is 7.15. The number of benzene rings is 1. The summed E-state index contributed by atoms with van der Waals surface area (Å²) in [5.41, 5.74) is -0.141. The molecule has 1 atom stereocenters. The SMILES string of the molecule is C[C@H](O)c1nc2c(c(Oc3ccccc3C(F)(F)F)n1)CCN(c1cn[nH]c(=O)c1Cl)C2. The van der Waals surface area contributed by atoms with Crippen LogP contribution in [0.5, 0.6) is 11.6 Å². The highest BCUT2D eigenvalue weighted by molar-refractivity contribution is 6.33. The lowest BCUT2D eigenvalue weighted by Gasteiger charge is -2.31. The smallest absolute Gasteiger partial charge is 0.419 e. The fourth-order valence-corrected chi connectivity index (χ4v) is 3.59. The van der Waals surface area contributed by atoms with Gasteiger partial charge in [0, 0.05) is 12.1 Å². The quantitative estimate of drug-likeness (QED) is 0.603. The van der Waals surface area contributed by atoms with Gasteiger partial charge in [0.2, 0.25) is 5.88 Å². The number of alkyl halides is 3. The molecule has 0 aliphatic carbocycles. The minimum absolute atomic E-state index is 0.000204. The van der Waals surface area contributed by atoms with Gasteiger partial charge in [-0.05, 0) is 25.5 Å². The zero-order valence-electron chi connectivity index (χ0n) is 16.6. The van der Waals surface area contributed by atoms with Gasteiger partial charge >= 0.3 is 6.18 Å². The second-order valence-corrected chi connectivity index (χ2v) is 7.53. The summed E-state index contributed by atoms with van der Waals surface area (Å²) >= 11 is 6.10. The normalized spacial score (nSPS) is 14.8. The van der Waals surface area contributed by atoms with Gasteiger partial charge in [-0.2, -0.15) is 23.3 Å². The molecule has 0 spiro atoms. The number of para-hydroxylation sites is 1. The van der Waals surface area contributed by atoms with E-state index in [1.54, 1.807) is 4.90 Å². The van der Waals surface area contributed by atoms with E-state index in [9.17, 15) is 23.1 Å². The molecule has 4 rings (SSSR count). The summed E-state index contributed by atoms with van der Waals surface area (Å²) < 4.78 is 45.8. The van der Waals surface area contributed by atoms with Crippen molar-refractivity contribution in [3.63, 3.8) is 0 Å². The summed E-state index contributed by atoms with van der Waals surface area (Å²) in [6, 6.07) is 4.82. The van der Waals surface area contributed by atoms with Crippen LogP contribution in [0.4, 0.5) is 18.9 Å². The Morgan fingerprint density at radius 3 is 2.75 bits per heavy atom. The van der Waals surface area contributed by atoms with Gasteiger partial charge in [-0.15, -0.1) is 0 Å². The monoisotopic (exact) mass is 467 g/mol. The van der Waals surface area contributed by atoms with Gasteiger partial charge in [0.1, 0.15) is 16.9 Å². The van der Waals surface area contributed by atoms with E-state index in [2.05, 4.69) is 20.2 Å². The molecule has 1 aliphatic heterocycles. The van der Waals surface area contributed by atoms with Crippen LogP contribution in [0.2, 0.25) is 5.02 Å². The average Bonchev–Trinajstić information content (AvgIpc) is 2.74. The molecular formula is C20H17ClF3N5O3. The predicted molar refractivity (Wildman–Crippen MR) is 109 cm³/mol. The molecule has 1 aromatic carbocycles. The molecule has 2 N–H and O–H groups in total. The Labute approximate surface area is 184 Å². The number of hydrogen-bond donors (Lipinski definition) is 2. The number of rotatable bonds is 4. The van der Waals surface area contributed by atoms with Crippen LogP contribution in [0, 0.1) is 0 Å². The number of anilines is 1. The molecule has 0 unspecified atom stereocenters. The molecule has 168 valence electrons. The van der Waals surface area contributed by atoms with Crippen LogP contribution in [0.15, 0.2) is 35.3 Å². The summed E-state index contributed by atoms with van der Waals surface area (Å²) in [6.07, 6.45) is -3.98. The molecule has 3 heterocycles. The summed E-state index contributed by atoms with van der Waals surface area (Å²) in [5, 5.41) is 16.0. The number of H-pyrrole nitrogens is 1. The number of aromatic amines is 1. The van der Waals surface area contributed by atoms with Crippen molar-refractivity contribution in [1.29, 1.82) is 0 Å². The molecule has 12 heteroatoms. The Balaban J connectivity index is 1.75. The van der Waals surface area contributed by atoms with Crippen LogP contribution in [0.3, 0.4) is 0 Å². The first kappa shape index (κ1) is 22.0. The van der Waals surface area contributed by atoms with Crippen LogP contribution >= 0.6 is 11.6 Å². The summed E-state index contributed by atoms with van der Waals surface area (Å²) in [7, 11) is 0. The molecule has 0 radical (unpaired) electrons. The standard InChI is InChI=1S/C20H17ClF3N5O3/c1-10(30)17-26-13-9-29(14-8-25-28-18(31)16(14)21)7-6-11(13)19(27-17)32-15-5-3-2-4-12(15)20(22,23)24/h2-5,8,10,30H,6-7,9H2,1H3,(H,28,31)/t10-/m0/s1. The third-order valence-corrected chi connectivity index (χ3v) is 5.30. The van der Waals surface area contributed by atoms with Crippen molar-refractivity contribution in [2.75, 3.05) is 11.4 Å². The largest absolute Gasteiger partial charge is 0.438 e. The first-order valence-corrected chi connectivity index (χ1v) is 9.93. The molecule has 0 amide bonds. The molecule has 1 aliphatic rings. The summed E-state index contributed by atoms with van der Waals surface area (Å²) in [5.74, 6) is -0.459. The van der Waals surface area contributed by atoms with Crippen molar-refractivity contribution in [1.82, 2.24) is 20.2 Å². The van der Waals surface area contributed by atoms with Crippen LogP contribution in [0.1, 0.15) is 35.7 Å². The number of halogens is 4. The second kappa shape index (κ2) is 8.40. The molecule has 0 bridgehead atoms. The number of fused-ring (bicyclic) bond motifs is 1. The van der Waals surface area contributed by atoms with Gasteiger partial charge < -0.3 is 14.7 Å². The maximum Gasteiger partial charge on any atom is 0.419 e. The highest BCUT2D eigenvalue weighted by atomic mass is 35.5. The summed E-state index contributed by atoms with van der Waals surface area (Å²) in [4.78, 5) is 22.1. The van der Waals surface area contributed by atoms with Crippen LogP contribution < -0.4 is 15.2 Å². The molecule has 2 aromatic heterocycles. The highest BCUT2D eigenvalue weighted by Gasteiger charge is 2.35. The van der Waals surface area contributed by atoms with Gasteiger partial charge in [0.15, 0.2) is 5.82 Å². The topological polar surface area (TPSA) is 104 Å². The van der Waals surface area contributed by atoms with Crippen molar-refractivity contribution < 1.29 is 23.0 Å². The zero-order chi connectivity index (χ0) is 23.0. The molecule has 8 nitrogen and oxygen atoms in total. The van der Waals surface area contributed by atoms with Crippen molar-refractivity contribution in [2.24, 2.45) is 0 Å². The Hall–Kier alpha value is -3.18. The van der Waals surface area contributed by atoms with E-state index in [4.69, 9.17) is 16.3 Å². The number of aliphatic hydroxyl groups is 1. The first-order valence-electron chi connectivity index (χ1n) is 9.55. The molecule has 32 heavy (non-hydrogen) atoms. The lowest BCUT2D eigenvalue weighted by atomic mass is 10.0. The van der Waals surface area contributed by atoms with Crippen LogP contribution in [-0.4, -0.2) is 31.8 Å². The highest BCUT2D eigenvalue weighted by Crippen LogP contribution is 2.39. The lowest BCUT2D eigenvalue weighted by molar-refractivity contribution is -0.138. The maximum atomic E-state index is 13.4. The van der Waals surface area contributed by atoms with E-state index >= 15 is 0 Å². The first-order chi connectivity index (χ1) is 15.1.